The number of nitrogens with one attached hydrogen (secondary N) is 2. The highest BCUT2D eigenvalue weighted by molar-refractivity contribution is 6.30. The van der Waals surface area contributed by atoms with E-state index >= 15 is 0 Å². The summed E-state index contributed by atoms with van der Waals surface area (Å²) < 4.78 is 5.56. The molecule has 0 radical (unpaired) electrons. The average molecular weight is 429 g/mol. The van der Waals surface area contributed by atoms with E-state index in [1.54, 1.807) is 36.5 Å². The number of aliphatic hydroxyl groups excluding tert-OH is 1. The molecule has 2 aromatic heterocycles. The minimum atomic E-state index is -0.816. The number of halogens is 1. The number of anilines is 1. The Morgan fingerprint density at radius 2 is 2.07 bits per heavy atom. The Bertz CT molecular complexity index is 1050. The molecule has 3 aromatic rings. The number of aromatic amines is 1. The predicted octanol–water partition coefficient (Wildman–Crippen LogP) is 4.45. The van der Waals surface area contributed by atoms with Crippen molar-refractivity contribution in [1.29, 1.82) is 0 Å². The lowest BCUT2D eigenvalue weighted by Gasteiger charge is -2.16. The average Bonchev–Trinajstić information content (AvgIpc) is 3.00. The number of ether oxygens (including phenoxy) is 1. The Morgan fingerprint density at radius 3 is 2.73 bits per heavy atom. The van der Waals surface area contributed by atoms with Gasteiger partial charge in [0.15, 0.2) is 6.10 Å². The first-order valence-corrected chi connectivity index (χ1v) is 10.0. The largest absolute Gasteiger partial charge is 0.450 e. The molecule has 0 saturated carbocycles. The molecule has 0 bridgehead atoms. The minimum Gasteiger partial charge on any atom is -0.450 e. The normalized spacial score (nSPS) is 12.1. The monoisotopic (exact) mass is 428 g/mol. The maximum absolute atomic E-state index is 12.9. The Balaban J connectivity index is 1.88. The molecule has 1 atom stereocenters. The summed E-state index contributed by atoms with van der Waals surface area (Å²) in [6.45, 7) is 7.37. The van der Waals surface area contributed by atoms with Crippen LogP contribution in [0.3, 0.4) is 0 Å². The van der Waals surface area contributed by atoms with Gasteiger partial charge < -0.3 is 20.1 Å². The van der Waals surface area contributed by atoms with E-state index in [-0.39, 0.29) is 12.6 Å². The van der Waals surface area contributed by atoms with Gasteiger partial charge in [-0.1, -0.05) is 23.7 Å². The van der Waals surface area contributed by atoms with Crippen LogP contribution in [0.25, 0.3) is 11.3 Å². The van der Waals surface area contributed by atoms with Crippen LogP contribution in [0.5, 0.6) is 0 Å². The van der Waals surface area contributed by atoms with Gasteiger partial charge in [0, 0.05) is 28.5 Å². The first-order valence-electron chi connectivity index (χ1n) is 9.66. The summed E-state index contributed by atoms with van der Waals surface area (Å²) in [5.74, 6) is -0.0385. The summed E-state index contributed by atoms with van der Waals surface area (Å²) in [6, 6.07) is 8.87. The third kappa shape index (κ3) is 4.80. The van der Waals surface area contributed by atoms with Crippen LogP contribution in [0.15, 0.2) is 36.5 Å². The van der Waals surface area contributed by atoms with Crippen LogP contribution in [-0.4, -0.2) is 38.7 Å². The number of hydrogen-bond donors (Lipinski definition) is 3. The van der Waals surface area contributed by atoms with E-state index in [9.17, 15) is 9.90 Å². The Morgan fingerprint density at radius 1 is 1.30 bits per heavy atom. The maximum Gasteiger partial charge on any atom is 0.355 e. The van der Waals surface area contributed by atoms with Gasteiger partial charge in [0.25, 0.3) is 0 Å². The fourth-order valence-corrected chi connectivity index (χ4v) is 3.47. The molecule has 7 nitrogen and oxygen atoms in total. The summed E-state index contributed by atoms with van der Waals surface area (Å²) >= 11 is 6.02. The molecule has 0 unspecified atom stereocenters. The molecule has 0 aliphatic carbocycles. The van der Waals surface area contributed by atoms with Crippen molar-refractivity contribution in [2.24, 2.45) is 0 Å². The van der Waals surface area contributed by atoms with E-state index in [1.807, 2.05) is 27.7 Å². The van der Waals surface area contributed by atoms with Crippen LogP contribution < -0.4 is 5.32 Å². The van der Waals surface area contributed by atoms with Gasteiger partial charge in [-0.15, -0.1) is 0 Å². The quantitative estimate of drug-likeness (QED) is 0.480. The smallest absolute Gasteiger partial charge is 0.355 e. The highest BCUT2D eigenvalue weighted by Crippen LogP contribution is 2.30. The van der Waals surface area contributed by atoms with Crippen LogP contribution in [0.4, 0.5) is 5.95 Å². The molecule has 3 N–H and O–H groups in total. The zero-order chi connectivity index (χ0) is 21.8. The van der Waals surface area contributed by atoms with Gasteiger partial charge >= 0.3 is 5.97 Å². The van der Waals surface area contributed by atoms with Crippen molar-refractivity contribution in [2.45, 2.75) is 39.8 Å². The van der Waals surface area contributed by atoms with Crippen molar-refractivity contribution in [3.63, 3.8) is 0 Å². The summed E-state index contributed by atoms with van der Waals surface area (Å²) in [4.78, 5) is 24.8. The number of aryl methyl sites for hydroxylation is 1. The molecule has 0 amide bonds. The Labute approximate surface area is 180 Å². The zero-order valence-electron chi connectivity index (χ0n) is 17.4. The molecule has 2 heterocycles. The Kier molecular flexibility index (Phi) is 6.74. The zero-order valence-corrected chi connectivity index (χ0v) is 18.1. The second kappa shape index (κ2) is 9.28. The van der Waals surface area contributed by atoms with E-state index in [2.05, 4.69) is 20.3 Å². The highest BCUT2D eigenvalue weighted by atomic mass is 35.5. The summed E-state index contributed by atoms with van der Waals surface area (Å²) in [5.41, 5.74) is 3.97. The van der Waals surface area contributed by atoms with Gasteiger partial charge in [0.2, 0.25) is 5.95 Å². The third-order valence-corrected chi connectivity index (χ3v) is 4.84. The molecule has 158 valence electrons. The minimum absolute atomic E-state index is 0.195. The van der Waals surface area contributed by atoms with Crippen molar-refractivity contribution in [3.8, 4) is 11.3 Å². The number of carbonyl (C=O) groups is 1. The third-order valence-electron chi connectivity index (χ3n) is 4.61. The highest BCUT2D eigenvalue weighted by Gasteiger charge is 2.24. The van der Waals surface area contributed by atoms with Crippen LogP contribution >= 0.6 is 11.6 Å². The molecule has 0 aliphatic rings. The molecular weight excluding hydrogens is 404 g/mol. The number of rotatable bonds is 7. The molecule has 30 heavy (non-hydrogen) atoms. The summed E-state index contributed by atoms with van der Waals surface area (Å²) in [7, 11) is 0. The maximum atomic E-state index is 12.9. The second-order valence-electron chi connectivity index (χ2n) is 7.32. The van der Waals surface area contributed by atoms with Crippen LogP contribution in [0.1, 0.15) is 47.3 Å². The molecule has 3 rings (SSSR count). The van der Waals surface area contributed by atoms with Gasteiger partial charge in [-0.25, -0.2) is 14.8 Å². The molecule has 0 saturated heterocycles. The van der Waals surface area contributed by atoms with Gasteiger partial charge in [-0.2, -0.15) is 0 Å². The van der Waals surface area contributed by atoms with E-state index in [0.29, 0.717) is 27.9 Å². The molecular formula is C22H25ClN4O3. The van der Waals surface area contributed by atoms with E-state index in [1.165, 1.54) is 0 Å². The van der Waals surface area contributed by atoms with Crippen molar-refractivity contribution >= 4 is 23.5 Å². The number of esters is 1. The SMILES string of the molecule is Cc1[nH]c(C(=O)O[C@H](CO)c2cccc(Cl)c2)c(C)c1-c1ccnc(NC(C)C)n1. The van der Waals surface area contributed by atoms with Gasteiger partial charge in [0.05, 0.1) is 12.3 Å². The van der Waals surface area contributed by atoms with Gasteiger partial charge in [-0.3, -0.25) is 0 Å². The lowest BCUT2D eigenvalue weighted by Crippen LogP contribution is -2.16. The number of benzene rings is 1. The fraction of sp³-hybridized carbons (Fsp3) is 0.318. The Hall–Kier alpha value is -2.90. The van der Waals surface area contributed by atoms with Gasteiger partial charge in [0.1, 0.15) is 5.69 Å². The molecule has 0 aliphatic heterocycles. The fourth-order valence-electron chi connectivity index (χ4n) is 3.27. The molecule has 1 aromatic carbocycles. The molecule has 8 heteroatoms. The number of hydrogen-bond acceptors (Lipinski definition) is 6. The first-order chi connectivity index (χ1) is 14.3. The standard InChI is InChI=1S/C22H25ClN4O3/c1-12(2)25-22-24-9-8-17(27-22)19-13(3)20(26-14(19)4)21(29)30-18(11-28)15-6-5-7-16(23)10-15/h5-10,12,18,26,28H,11H2,1-4H3,(H,24,25,27)/t18-/m1/s1. The van der Waals surface area contributed by atoms with Crippen LogP contribution in [0.2, 0.25) is 5.02 Å². The topological polar surface area (TPSA) is 100 Å². The lowest BCUT2D eigenvalue weighted by atomic mass is 10.1. The second-order valence-corrected chi connectivity index (χ2v) is 7.76. The van der Waals surface area contributed by atoms with E-state index in [0.717, 1.165) is 16.8 Å². The van der Waals surface area contributed by atoms with E-state index < -0.39 is 12.1 Å². The first kappa shape index (κ1) is 21.8. The van der Waals surface area contributed by atoms with Crippen LogP contribution in [0, 0.1) is 13.8 Å². The van der Waals surface area contributed by atoms with Crippen LogP contribution in [-0.2, 0) is 4.74 Å². The van der Waals surface area contributed by atoms with Crippen molar-refractivity contribution in [1.82, 2.24) is 15.0 Å². The number of carbonyl (C=O) groups excluding carboxylic acids is 1. The van der Waals surface area contributed by atoms with E-state index in [4.69, 9.17) is 16.3 Å². The number of nitrogens with zero attached hydrogens (tertiary/aromatic N) is 2. The van der Waals surface area contributed by atoms with Gasteiger partial charge in [-0.05, 0) is 57.0 Å². The van der Waals surface area contributed by atoms with Crippen molar-refractivity contribution in [3.05, 3.63) is 64.1 Å². The molecule has 0 spiro atoms. The predicted molar refractivity (Wildman–Crippen MR) is 117 cm³/mol. The number of H-pyrrole nitrogens is 1. The number of aromatic nitrogens is 3. The van der Waals surface area contributed by atoms with Crippen molar-refractivity contribution in [2.75, 3.05) is 11.9 Å². The lowest BCUT2D eigenvalue weighted by molar-refractivity contribution is 0.0126. The molecule has 0 fully saturated rings. The number of aliphatic hydroxyl groups is 1. The summed E-state index contributed by atoms with van der Waals surface area (Å²) in [6.07, 6.45) is 0.862. The summed E-state index contributed by atoms with van der Waals surface area (Å²) in [5, 5.41) is 13.4. The van der Waals surface area contributed by atoms with Crippen molar-refractivity contribution < 1.29 is 14.6 Å².